The lowest BCUT2D eigenvalue weighted by Crippen LogP contribution is -2.30. The molecule has 5 nitrogen and oxygen atoms in total. The number of benzene rings is 2. The molecule has 4 rings (SSSR count). The van der Waals surface area contributed by atoms with Crippen molar-refractivity contribution >= 4 is 27.6 Å². The van der Waals surface area contributed by atoms with Crippen LogP contribution in [0.4, 0.5) is 5.69 Å². The molecule has 6 heteroatoms. The normalized spacial score (nSPS) is 22.2. The predicted octanol–water partition coefficient (Wildman–Crippen LogP) is 5.30. The number of hydrogen-bond donors (Lipinski definition) is 2. The average molecular weight is 444 g/mol. The van der Waals surface area contributed by atoms with Gasteiger partial charge >= 0.3 is 5.97 Å². The molecule has 0 spiro atoms. The fourth-order valence-corrected chi connectivity index (χ4v) is 5.12. The Morgan fingerprint density at radius 2 is 2.04 bits per heavy atom. The van der Waals surface area contributed by atoms with E-state index >= 15 is 0 Å². The van der Waals surface area contributed by atoms with Crippen LogP contribution in [-0.4, -0.2) is 25.3 Å². The van der Waals surface area contributed by atoms with Crippen LogP contribution in [0.3, 0.4) is 0 Å². The van der Waals surface area contributed by atoms with Crippen LogP contribution in [0.2, 0.25) is 0 Å². The number of hydrogen-bond acceptors (Lipinski definition) is 4. The molecule has 0 fully saturated rings. The van der Waals surface area contributed by atoms with E-state index in [0.717, 1.165) is 33.3 Å². The summed E-state index contributed by atoms with van der Waals surface area (Å²) in [5, 5.41) is 13.2. The Kier molecular flexibility index (Phi) is 4.83. The number of carbonyl (C=O) groups is 1. The highest BCUT2D eigenvalue weighted by molar-refractivity contribution is 9.10. The zero-order valence-electron chi connectivity index (χ0n) is 16.0. The van der Waals surface area contributed by atoms with Gasteiger partial charge < -0.3 is 19.9 Å². The van der Waals surface area contributed by atoms with Crippen molar-refractivity contribution in [3.05, 3.63) is 63.1 Å². The molecule has 1 aliphatic heterocycles. The lowest BCUT2D eigenvalue weighted by Gasteiger charge is -2.38. The van der Waals surface area contributed by atoms with E-state index in [9.17, 15) is 9.90 Å². The molecule has 1 aliphatic carbocycles. The van der Waals surface area contributed by atoms with Crippen LogP contribution < -0.4 is 14.8 Å². The van der Waals surface area contributed by atoms with Crippen molar-refractivity contribution in [2.45, 2.75) is 25.3 Å². The second kappa shape index (κ2) is 7.17. The van der Waals surface area contributed by atoms with Crippen LogP contribution >= 0.6 is 15.9 Å². The van der Waals surface area contributed by atoms with Gasteiger partial charge in [-0.3, -0.25) is 0 Å². The highest BCUT2D eigenvalue weighted by Gasteiger charge is 2.39. The predicted molar refractivity (Wildman–Crippen MR) is 112 cm³/mol. The monoisotopic (exact) mass is 443 g/mol. The zero-order valence-corrected chi connectivity index (χ0v) is 17.5. The summed E-state index contributed by atoms with van der Waals surface area (Å²) >= 11 is 3.59. The molecule has 0 saturated heterocycles. The Hall–Kier alpha value is -2.47. The number of methoxy groups -OCH3 is 2. The molecule has 146 valence electrons. The number of rotatable bonds is 4. The van der Waals surface area contributed by atoms with E-state index < -0.39 is 5.97 Å². The van der Waals surface area contributed by atoms with Crippen LogP contribution in [0.1, 0.15) is 45.4 Å². The Morgan fingerprint density at radius 1 is 1.25 bits per heavy atom. The summed E-state index contributed by atoms with van der Waals surface area (Å²) < 4.78 is 11.8. The van der Waals surface area contributed by atoms with Gasteiger partial charge in [-0.2, -0.15) is 0 Å². The van der Waals surface area contributed by atoms with E-state index in [4.69, 9.17) is 9.47 Å². The highest BCUT2D eigenvalue weighted by atomic mass is 79.9. The Bertz CT molecular complexity index is 985. The molecule has 0 radical (unpaired) electrons. The second-order valence-electron chi connectivity index (χ2n) is 7.22. The molecule has 0 saturated carbocycles. The molecule has 2 N–H and O–H groups in total. The number of ether oxygens (including phenoxy) is 2. The molecule has 1 heterocycles. The molecule has 2 aromatic rings. The third kappa shape index (κ3) is 2.87. The van der Waals surface area contributed by atoms with E-state index in [1.807, 2.05) is 19.1 Å². The quantitative estimate of drug-likeness (QED) is 0.627. The number of halogens is 1. The first-order chi connectivity index (χ1) is 13.5. The number of carboxylic acids is 1. The fraction of sp³-hybridized carbons (Fsp3) is 0.318. The van der Waals surface area contributed by atoms with Crippen LogP contribution in [0, 0.1) is 12.8 Å². The SMILES string of the molecule is COc1cc([C@@H]2Nc3c(ccc(C(=O)O)c3C)[C@H]3C=CC[C@@H]32)cc(Br)c1OC. The number of fused-ring (bicyclic) bond motifs is 3. The van der Waals surface area contributed by atoms with Gasteiger partial charge in [0.1, 0.15) is 0 Å². The number of carboxylic acid groups (broad SMARTS) is 1. The van der Waals surface area contributed by atoms with Crippen LogP contribution in [-0.2, 0) is 0 Å². The van der Waals surface area contributed by atoms with Crippen molar-refractivity contribution in [2.24, 2.45) is 5.92 Å². The van der Waals surface area contributed by atoms with E-state index in [0.29, 0.717) is 23.0 Å². The van der Waals surface area contributed by atoms with Gasteiger partial charge in [0.25, 0.3) is 0 Å². The molecule has 2 aliphatic rings. The third-order valence-electron chi connectivity index (χ3n) is 5.84. The zero-order chi connectivity index (χ0) is 20.0. The number of anilines is 1. The molecule has 2 aromatic carbocycles. The lowest BCUT2D eigenvalue weighted by atomic mass is 9.76. The Morgan fingerprint density at radius 3 is 2.71 bits per heavy atom. The minimum atomic E-state index is -0.906. The van der Waals surface area contributed by atoms with Gasteiger partial charge in [0, 0.05) is 11.6 Å². The first-order valence-electron chi connectivity index (χ1n) is 9.17. The maximum absolute atomic E-state index is 11.6. The summed E-state index contributed by atoms with van der Waals surface area (Å²) in [5.41, 5.74) is 4.27. The number of aromatic carboxylic acids is 1. The van der Waals surface area contributed by atoms with Crippen LogP contribution in [0.15, 0.2) is 40.9 Å². The van der Waals surface area contributed by atoms with Crippen LogP contribution in [0.5, 0.6) is 11.5 Å². The van der Waals surface area contributed by atoms with Crippen molar-refractivity contribution in [1.29, 1.82) is 0 Å². The first kappa shape index (κ1) is 18.9. The van der Waals surface area contributed by atoms with Gasteiger partial charge in [-0.1, -0.05) is 18.2 Å². The third-order valence-corrected chi connectivity index (χ3v) is 6.43. The minimum Gasteiger partial charge on any atom is -0.493 e. The number of allylic oxidation sites excluding steroid dienone is 2. The maximum Gasteiger partial charge on any atom is 0.336 e. The average Bonchev–Trinajstić information content (AvgIpc) is 3.16. The largest absolute Gasteiger partial charge is 0.493 e. The Balaban J connectivity index is 1.84. The van der Waals surface area contributed by atoms with Crippen molar-refractivity contribution in [3.63, 3.8) is 0 Å². The second-order valence-corrected chi connectivity index (χ2v) is 8.08. The van der Waals surface area contributed by atoms with Gasteiger partial charge in [-0.25, -0.2) is 4.79 Å². The van der Waals surface area contributed by atoms with E-state index in [-0.39, 0.29) is 12.0 Å². The summed E-state index contributed by atoms with van der Waals surface area (Å²) in [6.45, 7) is 1.87. The maximum atomic E-state index is 11.6. The van der Waals surface area contributed by atoms with E-state index in [1.54, 1.807) is 20.3 Å². The first-order valence-corrected chi connectivity index (χ1v) is 9.97. The van der Waals surface area contributed by atoms with Crippen molar-refractivity contribution in [1.82, 2.24) is 0 Å². The topological polar surface area (TPSA) is 67.8 Å². The standard InChI is InChI=1S/C22H22BrNO4/c1-11-13(22(25)26)7-8-16-14-5-4-6-15(14)20(24-19(11)16)12-9-17(23)21(28-3)18(10-12)27-2/h4-5,7-10,14-15,20,24H,6H2,1-3H3,(H,25,26)/t14-,15-,20-/m0/s1. The smallest absolute Gasteiger partial charge is 0.336 e. The summed E-state index contributed by atoms with van der Waals surface area (Å²) in [7, 11) is 3.24. The Labute approximate surface area is 172 Å². The molecular formula is C22H22BrNO4. The summed E-state index contributed by atoms with van der Waals surface area (Å²) in [5.74, 6) is 1.03. The minimum absolute atomic E-state index is 0.0337. The van der Waals surface area contributed by atoms with Gasteiger partial charge in [-0.15, -0.1) is 0 Å². The molecule has 3 atom stereocenters. The molecule has 28 heavy (non-hydrogen) atoms. The van der Waals surface area contributed by atoms with Crippen molar-refractivity contribution < 1.29 is 19.4 Å². The van der Waals surface area contributed by atoms with E-state index in [1.165, 1.54) is 0 Å². The van der Waals surface area contributed by atoms with E-state index in [2.05, 4.69) is 39.5 Å². The molecular weight excluding hydrogens is 422 g/mol. The number of nitrogens with one attached hydrogen (secondary N) is 1. The molecule has 0 amide bonds. The molecule has 0 aromatic heterocycles. The van der Waals surface area contributed by atoms with Gasteiger partial charge in [0.15, 0.2) is 11.5 Å². The molecule has 0 unspecified atom stereocenters. The lowest BCUT2D eigenvalue weighted by molar-refractivity contribution is 0.0696. The van der Waals surface area contributed by atoms with Gasteiger partial charge in [0.05, 0.1) is 30.3 Å². The highest BCUT2D eigenvalue weighted by Crippen LogP contribution is 2.52. The van der Waals surface area contributed by atoms with Gasteiger partial charge in [-0.05, 0) is 70.1 Å². The molecule has 0 bridgehead atoms. The summed E-state index contributed by atoms with van der Waals surface area (Å²) in [6, 6.07) is 7.75. The summed E-state index contributed by atoms with van der Waals surface area (Å²) in [6.07, 6.45) is 5.43. The van der Waals surface area contributed by atoms with Crippen LogP contribution in [0.25, 0.3) is 0 Å². The summed E-state index contributed by atoms with van der Waals surface area (Å²) in [4.78, 5) is 11.6. The van der Waals surface area contributed by atoms with Gasteiger partial charge in [0.2, 0.25) is 0 Å². The van der Waals surface area contributed by atoms with Crippen molar-refractivity contribution in [3.8, 4) is 11.5 Å². The fourth-order valence-electron chi connectivity index (χ4n) is 4.49. The van der Waals surface area contributed by atoms with Crippen molar-refractivity contribution in [2.75, 3.05) is 19.5 Å².